The van der Waals surface area contributed by atoms with Gasteiger partial charge in [0.05, 0.1) is 0 Å². The molecule has 2 aliphatic rings. The van der Waals surface area contributed by atoms with E-state index in [0.29, 0.717) is 0 Å². The summed E-state index contributed by atoms with van der Waals surface area (Å²) in [5, 5.41) is 4.63. The van der Waals surface area contributed by atoms with Crippen LogP contribution in [0.5, 0.6) is 0 Å². The van der Waals surface area contributed by atoms with E-state index in [1.54, 1.807) is 0 Å². The molecule has 0 saturated carbocycles. The van der Waals surface area contributed by atoms with Crippen LogP contribution in [0.1, 0.15) is 23.5 Å². The molecule has 1 aliphatic carbocycles. The second kappa shape index (κ2) is 9.35. The van der Waals surface area contributed by atoms with E-state index in [1.165, 1.54) is 39.3 Å². The highest BCUT2D eigenvalue weighted by Crippen LogP contribution is 2.54. The molecule has 45 heavy (non-hydrogen) atoms. The summed E-state index contributed by atoms with van der Waals surface area (Å²) in [4.78, 5) is 2.43. The van der Waals surface area contributed by atoms with Gasteiger partial charge in [0.2, 0.25) is 0 Å². The quantitative estimate of drug-likeness (QED) is 0.209. The molecule has 3 heterocycles. The van der Waals surface area contributed by atoms with E-state index in [1.807, 2.05) is 12.1 Å². The fraction of sp³-hybridized carbons (Fsp3) is 0.0476. The topological polar surface area (TPSA) is 29.5 Å². The molecule has 0 radical (unpaired) electrons. The number of allylic oxidation sites excluding steroid dienone is 4. The van der Waals surface area contributed by atoms with Crippen LogP contribution in [0, 0.1) is 0 Å². The van der Waals surface area contributed by atoms with Crippen LogP contribution in [0.2, 0.25) is 0 Å². The van der Waals surface area contributed by atoms with Gasteiger partial charge in [-0.15, -0.1) is 0 Å². The molecule has 10 rings (SSSR count). The van der Waals surface area contributed by atoms with Crippen molar-refractivity contribution in [2.45, 2.75) is 12.3 Å². The van der Waals surface area contributed by atoms with Gasteiger partial charge in [0.25, 0.3) is 0 Å². The van der Waals surface area contributed by atoms with Crippen LogP contribution < -0.4 is 4.90 Å². The van der Waals surface area contributed by atoms with Crippen LogP contribution >= 0.6 is 0 Å². The Morgan fingerprint density at radius 3 is 1.89 bits per heavy atom. The number of benzene rings is 6. The monoisotopic (exact) mass is 577 g/mol. The lowest BCUT2D eigenvalue weighted by molar-refractivity contribution is 0.667. The zero-order valence-electron chi connectivity index (χ0n) is 24.4. The van der Waals surface area contributed by atoms with Crippen LogP contribution in [-0.4, -0.2) is 0 Å². The fourth-order valence-electron chi connectivity index (χ4n) is 7.58. The lowest BCUT2D eigenvalue weighted by atomic mass is 9.84. The molecule has 1 unspecified atom stereocenters. The van der Waals surface area contributed by atoms with Crippen molar-refractivity contribution in [3.8, 4) is 11.1 Å². The largest absolute Gasteiger partial charge is 0.455 e. The molecule has 0 amide bonds. The van der Waals surface area contributed by atoms with Gasteiger partial charge in [-0.05, 0) is 65.6 Å². The molecular formula is C42H27NO2. The fourth-order valence-corrected chi connectivity index (χ4v) is 7.58. The van der Waals surface area contributed by atoms with Gasteiger partial charge in [-0.3, -0.25) is 0 Å². The van der Waals surface area contributed by atoms with Crippen molar-refractivity contribution in [2.75, 3.05) is 4.90 Å². The van der Waals surface area contributed by atoms with Crippen LogP contribution in [0.15, 0.2) is 160 Å². The number of anilines is 2. The van der Waals surface area contributed by atoms with E-state index in [2.05, 4.69) is 138 Å². The summed E-state index contributed by atoms with van der Waals surface area (Å²) >= 11 is 0. The van der Waals surface area contributed by atoms with E-state index >= 15 is 0 Å². The van der Waals surface area contributed by atoms with Crippen LogP contribution in [0.4, 0.5) is 11.4 Å². The van der Waals surface area contributed by atoms with Crippen LogP contribution in [0.25, 0.3) is 60.6 Å². The van der Waals surface area contributed by atoms with Gasteiger partial charge < -0.3 is 13.7 Å². The third kappa shape index (κ3) is 3.58. The minimum absolute atomic E-state index is 0.203. The number of rotatable bonds is 3. The van der Waals surface area contributed by atoms with Crippen molar-refractivity contribution < 1.29 is 8.83 Å². The minimum atomic E-state index is 0.203. The molecule has 0 spiro atoms. The van der Waals surface area contributed by atoms with Crippen molar-refractivity contribution in [3.05, 3.63) is 162 Å². The molecular weight excluding hydrogens is 550 g/mol. The zero-order chi connectivity index (χ0) is 29.5. The van der Waals surface area contributed by atoms with Gasteiger partial charge in [-0.25, -0.2) is 0 Å². The molecule has 3 nitrogen and oxygen atoms in total. The SMILES string of the molecule is C1=C(c2cccc3c2oc2ccccc23)CC2C(=C1)N(c1ccccc1)c1ccc(-c3cccc4c3oc3ccccc34)cc12. The van der Waals surface area contributed by atoms with Crippen molar-refractivity contribution in [1.82, 2.24) is 0 Å². The lowest BCUT2D eigenvalue weighted by Gasteiger charge is -2.26. The molecule has 1 atom stereocenters. The summed E-state index contributed by atoms with van der Waals surface area (Å²) in [6.45, 7) is 0. The Hall–Kier alpha value is -5.80. The minimum Gasteiger partial charge on any atom is -0.455 e. The average molecular weight is 578 g/mol. The Balaban J connectivity index is 1.14. The van der Waals surface area contributed by atoms with Gasteiger partial charge in [-0.1, -0.05) is 103 Å². The van der Waals surface area contributed by atoms with E-state index in [4.69, 9.17) is 8.83 Å². The summed E-state index contributed by atoms with van der Waals surface area (Å²) in [6.07, 6.45) is 5.50. The number of nitrogens with zero attached hydrogens (tertiary/aromatic N) is 1. The van der Waals surface area contributed by atoms with Crippen LogP contribution in [-0.2, 0) is 0 Å². The highest BCUT2D eigenvalue weighted by Gasteiger charge is 2.37. The Labute approximate surface area is 259 Å². The Bertz CT molecular complexity index is 2530. The number of para-hydroxylation sites is 5. The maximum atomic E-state index is 6.47. The molecule has 0 fully saturated rings. The Kier molecular flexibility index (Phi) is 5.11. The molecule has 212 valence electrons. The smallest absolute Gasteiger partial charge is 0.143 e. The maximum absolute atomic E-state index is 6.47. The second-order valence-electron chi connectivity index (χ2n) is 12.0. The number of fused-ring (bicyclic) bond motifs is 9. The first-order chi connectivity index (χ1) is 22.3. The standard InChI is InChI=1S/C42H27NO2/c1-2-10-28(11-3-1)43-37-22-20-26(29-14-8-16-33-31-12-4-6-18-39(31)44-41(29)33)24-35(37)36-25-27(21-23-38(36)43)30-15-9-17-34-32-13-5-7-19-40(32)45-42(30)34/h1-24,36H,25H2. The molecule has 3 heteroatoms. The van der Waals surface area contributed by atoms with Gasteiger partial charge in [0.1, 0.15) is 22.3 Å². The Morgan fingerprint density at radius 1 is 0.533 bits per heavy atom. The predicted octanol–water partition coefficient (Wildman–Crippen LogP) is 11.8. The van der Waals surface area contributed by atoms with E-state index in [0.717, 1.165) is 55.9 Å². The average Bonchev–Trinajstić information content (AvgIpc) is 3.77. The predicted molar refractivity (Wildman–Crippen MR) is 185 cm³/mol. The third-order valence-electron chi connectivity index (χ3n) is 9.62. The van der Waals surface area contributed by atoms with Gasteiger partial charge in [0.15, 0.2) is 0 Å². The first kappa shape index (κ1) is 24.6. The third-order valence-corrected chi connectivity index (χ3v) is 9.62. The first-order valence-corrected chi connectivity index (χ1v) is 15.5. The molecule has 2 aromatic heterocycles. The van der Waals surface area contributed by atoms with Crippen LogP contribution in [0.3, 0.4) is 0 Å². The zero-order valence-corrected chi connectivity index (χ0v) is 24.4. The Morgan fingerprint density at radius 2 is 1.16 bits per heavy atom. The number of hydrogen-bond acceptors (Lipinski definition) is 3. The summed E-state index contributed by atoms with van der Waals surface area (Å²) in [5.74, 6) is 0.203. The second-order valence-corrected chi connectivity index (χ2v) is 12.0. The molecule has 0 bridgehead atoms. The summed E-state index contributed by atoms with van der Waals surface area (Å²) in [5.41, 5.74) is 13.5. The van der Waals surface area contributed by atoms with Crippen molar-refractivity contribution in [3.63, 3.8) is 0 Å². The van der Waals surface area contributed by atoms with Crippen molar-refractivity contribution in [2.24, 2.45) is 0 Å². The van der Waals surface area contributed by atoms with Gasteiger partial charge in [-0.2, -0.15) is 0 Å². The molecule has 0 N–H and O–H groups in total. The number of hydrogen-bond donors (Lipinski definition) is 0. The molecule has 0 saturated heterocycles. The van der Waals surface area contributed by atoms with Crippen molar-refractivity contribution >= 4 is 60.8 Å². The molecule has 1 aliphatic heterocycles. The summed E-state index contributed by atoms with van der Waals surface area (Å²) in [6, 6.07) is 47.3. The van der Waals surface area contributed by atoms with E-state index in [9.17, 15) is 0 Å². The number of furan rings is 2. The molecule has 8 aromatic rings. The van der Waals surface area contributed by atoms with E-state index < -0.39 is 0 Å². The maximum Gasteiger partial charge on any atom is 0.143 e. The highest BCUT2D eigenvalue weighted by atomic mass is 16.3. The first-order valence-electron chi connectivity index (χ1n) is 15.5. The molecule has 6 aromatic carbocycles. The highest BCUT2D eigenvalue weighted by molar-refractivity contribution is 6.10. The lowest BCUT2D eigenvalue weighted by Crippen LogP contribution is -2.15. The van der Waals surface area contributed by atoms with Crippen molar-refractivity contribution in [1.29, 1.82) is 0 Å². The van der Waals surface area contributed by atoms with Gasteiger partial charge in [0, 0.05) is 55.7 Å². The summed E-state index contributed by atoms with van der Waals surface area (Å²) < 4.78 is 12.9. The van der Waals surface area contributed by atoms with Gasteiger partial charge >= 0.3 is 0 Å². The van der Waals surface area contributed by atoms with E-state index in [-0.39, 0.29) is 5.92 Å². The summed E-state index contributed by atoms with van der Waals surface area (Å²) in [7, 11) is 0. The normalized spacial score (nSPS) is 15.9.